The van der Waals surface area contributed by atoms with Gasteiger partial charge in [0.15, 0.2) is 5.76 Å². The molecular formula is C20H23N2NaO4. The van der Waals surface area contributed by atoms with E-state index < -0.39 is 0 Å². The van der Waals surface area contributed by atoms with Crippen LogP contribution in [0.4, 0.5) is 0 Å². The Balaban J connectivity index is 0.00000196. The fourth-order valence-electron chi connectivity index (χ4n) is 2.61. The Labute approximate surface area is 181 Å². The Morgan fingerprint density at radius 2 is 1.85 bits per heavy atom. The summed E-state index contributed by atoms with van der Waals surface area (Å²) in [5.41, 5.74) is 1.66. The van der Waals surface area contributed by atoms with Crippen LogP contribution in [-0.4, -0.2) is 22.3 Å². The van der Waals surface area contributed by atoms with Crippen LogP contribution in [0.2, 0.25) is 0 Å². The van der Waals surface area contributed by atoms with E-state index in [2.05, 4.69) is 10.1 Å². The van der Waals surface area contributed by atoms with E-state index in [0.29, 0.717) is 11.6 Å². The second-order valence-electron chi connectivity index (χ2n) is 6.40. The van der Waals surface area contributed by atoms with Gasteiger partial charge in [0, 0.05) is 24.2 Å². The number of hydrogen-bond donors (Lipinski definition) is 1. The molecule has 0 saturated carbocycles. The molecule has 1 N–H and O–H groups in total. The monoisotopic (exact) mass is 378 g/mol. The zero-order valence-electron chi connectivity index (χ0n) is 17.1. The van der Waals surface area contributed by atoms with Gasteiger partial charge in [0.1, 0.15) is 5.75 Å². The molecule has 138 valence electrons. The van der Waals surface area contributed by atoms with Crippen molar-refractivity contribution >= 4 is 0 Å². The number of hydrogen-bond acceptors (Lipinski definition) is 5. The Kier molecular flexibility index (Phi) is 7.71. The van der Waals surface area contributed by atoms with E-state index in [9.17, 15) is 4.79 Å². The molecule has 6 nitrogen and oxygen atoms in total. The molecule has 0 aliphatic rings. The average molecular weight is 378 g/mol. The van der Waals surface area contributed by atoms with Crippen LogP contribution in [0.5, 0.6) is 11.6 Å². The molecule has 0 amide bonds. The predicted octanol–water partition coefficient (Wildman–Crippen LogP) is 0.944. The van der Waals surface area contributed by atoms with Crippen molar-refractivity contribution in [1.29, 1.82) is 0 Å². The minimum absolute atomic E-state index is 0. The number of aromatic amines is 1. The molecule has 0 fully saturated rings. The Hall–Kier alpha value is -2.02. The standard InChI is InChI=1S/C20H22N2O4.Na.H/c1-13(2)24-20-11-15(8-9-21-20)10-14(3)25-17-6-4-16(5-7-17)18-12-19(23)22-26-18;;/h4-9,11-14H,10H2,1-3H3,(H,22,23);;/q;+1;-1/t14-;;/m0../s1. The van der Waals surface area contributed by atoms with Gasteiger partial charge in [-0.2, -0.15) is 5.16 Å². The van der Waals surface area contributed by atoms with Crippen LogP contribution in [0.25, 0.3) is 11.3 Å². The maximum absolute atomic E-state index is 11.1. The summed E-state index contributed by atoms with van der Waals surface area (Å²) in [6.07, 6.45) is 2.57. The molecule has 0 unspecified atom stereocenters. The first kappa shape index (κ1) is 21.3. The van der Waals surface area contributed by atoms with Gasteiger partial charge in [-0.3, -0.25) is 4.79 Å². The van der Waals surface area contributed by atoms with Crippen molar-refractivity contribution < 1.29 is 45.0 Å². The topological polar surface area (TPSA) is 77.4 Å². The van der Waals surface area contributed by atoms with Crippen LogP contribution in [0.15, 0.2) is 58.0 Å². The summed E-state index contributed by atoms with van der Waals surface area (Å²) in [7, 11) is 0. The van der Waals surface area contributed by atoms with Crippen LogP contribution < -0.4 is 44.6 Å². The van der Waals surface area contributed by atoms with Crippen LogP contribution in [0, 0.1) is 0 Å². The van der Waals surface area contributed by atoms with Crippen molar-refractivity contribution in [1.82, 2.24) is 10.1 Å². The van der Waals surface area contributed by atoms with Gasteiger partial charge in [0.25, 0.3) is 5.56 Å². The third-order valence-electron chi connectivity index (χ3n) is 3.68. The second kappa shape index (κ2) is 9.78. The van der Waals surface area contributed by atoms with E-state index in [1.807, 2.05) is 57.2 Å². The first-order valence-electron chi connectivity index (χ1n) is 8.57. The molecule has 3 rings (SSSR count). The fourth-order valence-corrected chi connectivity index (χ4v) is 2.61. The van der Waals surface area contributed by atoms with Gasteiger partial charge in [-0.05, 0) is 56.7 Å². The molecule has 0 radical (unpaired) electrons. The Morgan fingerprint density at radius 3 is 2.48 bits per heavy atom. The summed E-state index contributed by atoms with van der Waals surface area (Å²) in [5.74, 6) is 1.89. The van der Waals surface area contributed by atoms with Crippen LogP contribution in [0.1, 0.15) is 27.8 Å². The number of pyridine rings is 1. The number of H-pyrrole nitrogens is 1. The molecule has 0 bridgehead atoms. The normalized spacial score (nSPS) is 11.7. The van der Waals surface area contributed by atoms with E-state index in [1.165, 1.54) is 6.07 Å². The van der Waals surface area contributed by atoms with Gasteiger partial charge in [0.05, 0.1) is 18.3 Å². The van der Waals surface area contributed by atoms with Crippen molar-refractivity contribution in [3.8, 4) is 23.0 Å². The van der Waals surface area contributed by atoms with Gasteiger partial charge >= 0.3 is 29.6 Å². The van der Waals surface area contributed by atoms with Crippen molar-refractivity contribution in [2.45, 2.75) is 39.4 Å². The zero-order valence-corrected chi connectivity index (χ0v) is 18.1. The predicted molar refractivity (Wildman–Crippen MR) is 99.7 cm³/mol. The van der Waals surface area contributed by atoms with Crippen molar-refractivity contribution in [2.75, 3.05) is 0 Å². The van der Waals surface area contributed by atoms with Crippen molar-refractivity contribution in [3.63, 3.8) is 0 Å². The van der Waals surface area contributed by atoms with Gasteiger partial charge in [-0.1, -0.05) is 0 Å². The number of benzene rings is 1. The third kappa shape index (κ3) is 6.27. The molecule has 2 aromatic heterocycles. The average Bonchev–Trinajstić information content (AvgIpc) is 3.01. The number of rotatable bonds is 7. The third-order valence-corrected chi connectivity index (χ3v) is 3.68. The first-order chi connectivity index (χ1) is 12.5. The molecule has 2 heterocycles. The maximum atomic E-state index is 11.1. The smallest absolute Gasteiger partial charge is 1.00 e. The van der Waals surface area contributed by atoms with Gasteiger partial charge in [-0.25, -0.2) is 4.98 Å². The largest absolute Gasteiger partial charge is 1.00 e. The van der Waals surface area contributed by atoms with Crippen molar-refractivity contribution in [2.24, 2.45) is 0 Å². The molecule has 1 aromatic carbocycles. The van der Waals surface area contributed by atoms with Crippen LogP contribution in [0.3, 0.4) is 0 Å². The SMILES string of the molecule is CC(C)Oc1cc(C[C@H](C)Oc2ccc(-c3cc(=O)[nH]o3)cc2)ccn1.[H-].[Na+]. The summed E-state index contributed by atoms with van der Waals surface area (Å²) in [4.78, 5) is 15.4. The van der Waals surface area contributed by atoms with E-state index >= 15 is 0 Å². The summed E-state index contributed by atoms with van der Waals surface area (Å²) in [5, 5.41) is 2.28. The zero-order chi connectivity index (χ0) is 18.5. The molecule has 1 atom stereocenters. The Bertz CT molecular complexity index is 909. The number of aromatic nitrogens is 2. The van der Waals surface area contributed by atoms with E-state index in [4.69, 9.17) is 14.0 Å². The molecule has 0 aliphatic carbocycles. The quantitative estimate of drug-likeness (QED) is 0.620. The fraction of sp³-hybridized carbons (Fsp3) is 0.300. The molecule has 0 saturated heterocycles. The molecule has 0 spiro atoms. The molecule has 7 heteroatoms. The molecule has 27 heavy (non-hydrogen) atoms. The molecule has 3 aromatic rings. The van der Waals surface area contributed by atoms with Crippen LogP contribution >= 0.6 is 0 Å². The van der Waals surface area contributed by atoms with E-state index in [-0.39, 0.29) is 48.8 Å². The molecular weight excluding hydrogens is 355 g/mol. The number of nitrogens with zero attached hydrogens (tertiary/aromatic N) is 1. The van der Waals surface area contributed by atoms with E-state index in [1.54, 1.807) is 6.20 Å². The summed E-state index contributed by atoms with van der Waals surface area (Å²) in [6, 6.07) is 12.8. The minimum atomic E-state index is -0.257. The number of nitrogens with one attached hydrogen (secondary N) is 1. The van der Waals surface area contributed by atoms with Gasteiger partial charge in [0.2, 0.25) is 5.88 Å². The first-order valence-corrected chi connectivity index (χ1v) is 8.57. The summed E-state index contributed by atoms with van der Waals surface area (Å²) >= 11 is 0. The van der Waals surface area contributed by atoms with Gasteiger partial charge in [-0.15, -0.1) is 0 Å². The Morgan fingerprint density at radius 1 is 1.11 bits per heavy atom. The second-order valence-corrected chi connectivity index (χ2v) is 6.40. The summed E-state index contributed by atoms with van der Waals surface area (Å²) < 4.78 is 16.7. The van der Waals surface area contributed by atoms with Gasteiger partial charge < -0.3 is 15.4 Å². The minimum Gasteiger partial charge on any atom is -1.00 e. The summed E-state index contributed by atoms with van der Waals surface area (Å²) in [6.45, 7) is 5.97. The maximum Gasteiger partial charge on any atom is 1.00 e. The molecule has 0 aliphatic heterocycles. The van der Waals surface area contributed by atoms with Crippen LogP contribution in [-0.2, 0) is 6.42 Å². The van der Waals surface area contributed by atoms with E-state index in [0.717, 1.165) is 23.3 Å². The number of ether oxygens (including phenoxy) is 2. The van der Waals surface area contributed by atoms with Crippen molar-refractivity contribution in [3.05, 3.63) is 64.6 Å².